The summed E-state index contributed by atoms with van der Waals surface area (Å²) in [6, 6.07) is 2.29. The highest BCUT2D eigenvalue weighted by Gasteiger charge is 2.55. The van der Waals surface area contributed by atoms with E-state index in [0.717, 1.165) is 33.9 Å². The number of rotatable bonds is 6. The number of benzene rings is 1. The average Bonchev–Trinajstić information content (AvgIpc) is 2.72. The Morgan fingerprint density at radius 2 is 1.39 bits per heavy atom. The summed E-state index contributed by atoms with van der Waals surface area (Å²) in [6.07, 6.45) is -8.20. The zero-order valence-electron chi connectivity index (χ0n) is 18.0. The molecule has 1 amide bonds. The molecule has 1 aromatic rings. The van der Waals surface area contributed by atoms with Gasteiger partial charge in [-0.2, -0.15) is 0 Å². The van der Waals surface area contributed by atoms with Gasteiger partial charge in [0.1, 0.15) is 0 Å². The van der Waals surface area contributed by atoms with Gasteiger partial charge in [-0.15, -0.1) is 0 Å². The predicted octanol–water partition coefficient (Wildman–Crippen LogP) is 0.388. The Hall–Kier alpha value is -3.61. The van der Waals surface area contributed by atoms with Gasteiger partial charge in [0.2, 0.25) is 0 Å². The molecule has 1 aromatic carbocycles. The quantitative estimate of drug-likeness (QED) is 0.455. The van der Waals surface area contributed by atoms with Crippen LogP contribution in [0.15, 0.2) is 18.2 Å². The van der Waals surface area contributed by atoms with E-state index in [1.54, 1.807) is 0 Å². The molecule has 13 heteroatoms. The van der Waals surface area contributed by atoms with Crippen LogP contribution in [-0.4, -0.2) is 67.5 Å². The highest BCUT2D eigenvalue weighted by Crippen LogP contribution is 2.29. The molecule has 0 bridgehead atoms. The molecule has 0 aliphatic carbocycles. The van der Waals surface area contributed by atoms with E-state index in [-0.39, 0.29) is 5.56 Å². The number of amides is 1. The normalized spacial score (nSPS) is 24.2. The van der Waals surface area contributed by atoms with Gasteiger partial charge in [0.15, 0.2) is 42.3 Å². The van der Waals surface area contributed by atoms with Gasteiger partial charge < -0.3 is 29.0 Å². The smallest absolute Gasteiger partial charge is 0.339 e. The minimum absolute atomic E-state index is 0.333. The number of esters is 4. The van der Waals surface area contributed by atoms with E-state index >= 15 is 0 Å². The Morgan fingerprint density at radius 1 is 0.848 bits per heavy atom. The highest BCUT2D eigenvalue weighted by molar-refractivity contribution is 5.94. The zero-order chi connectivity index (χ0) is 24.9. The van der Waals surface area contributed by atoms with Gasteiger partial charge in [0, 0.05) is 26.3 Å². The zero-order valence-corrected chi connectivity index (χ0v) is 18.0. The monoisotopic (exact) mass is 473 g/mol. The first-order valence-corrected chi connectivity index (χ1v) is 9.45. The standard InChI is InChI=1S/C20H21F2NO10/c1-8(24)30-14-15(31-9(2)25)17(20(28)29-4)33-19(16(14)32-10(3)26)23-18(27)11-5-6-12(21)13(22)7-11/h5-7,14-17,19H,1-4H3,(H,23,27)/t14-,15-,16+,17-,19+/m0/s1. The Bertz CT molecular complexity index is 953. The van der Waals surface area contributed by atoms with Crippen molar-refractivity contribution in [3.8, 4) is 0 Å². The molecule has 11 nitrogen and oxygen atoms in total. The van der Waals surface area contributed by atoms with E-state index in [0.29, 0.717) is 12.1 Å². The van der Waals surface area contributed by atoms with Gasteiger partial charge in [-0.05, 0) is 18.2 Å². The van der Waals surface area contributed by atoms with Crippen molar-refractivity contribution in [1.29, 1.82) is 0 Å². The second-order valence-corrected chi connectivity index (χ2v) is 6.82. The molecule has 180 valence electrons. The third-order valence-electron chi connectivity index (χ3n) is 4.33. The van der Waals surface area contributed by atoms with Crippen molar-refractivity contribution in [2.24, 2.45) is 0 Å². The molecule has 5 atom stereocenters. The third-order valence-corrected chi connectivity index (χ3v) is 4.33. The number of ether oxygens (including phenoxy) is 5. The predicted molar refractivity (Wildman–Crippen MR) is 101 cm³/mol. The molecular weight excluding hydrogens is 452 g/mol. The molecule has 0 unspecified atom stereocenters. The molecule has 1 aliphatic rings. The second-order valence-electron chi connectivity index (χ2n) is 6.82. The van der Waals surface area contributed by atoms with E-state index in [1.165, 1.54) is 0 Å². The molecule has 0 spiro atoms. The fourth-order valence-electron chi connectivity index (χ4n) is 3.08. The first-order valence-electron chi connectivity index (χ1n) is 9.45. The van der Waals surface area contributed by atoms with E-state index in [4.69, 9.17) is 18.9 Å². The van der Waals surface area contributed by atoms with Crippen LogP contribution in [0.2, 0.25) is 0 Å². The van der Waals surface area contributed by atoms with Crippen molar-refractivity contribution in [1.82, 2.24) is 5.32 Å². The van der Waals surface area contributed by atoms with Crippen LogP contribution in [0.4, 0.5) is 8.78 Å². The fraction of sp³-hybridized carbons (Fsp3) is 0.450. The van der Waals surface area contributed by atoms with E-state index in [2.05, 4.69) is 10.1 Å². The number of nitrogens with one attached hydrogen (secondary N) is 1. The van der Waals surface area contributed by atoms with Crippen LogP contribution in [0.25, 0.3) is 0 Å². The first kappa shape index (κ1) is 25.6. The minimum Gasteiger partial charge on any atom is -0.467 e. The van der Waals surface area contributed by atoms with Gasteiger partial charge in [0.05, 0.1) is 7.11 Å². The third kappa shape index (κ3) is 6.44. The Morgan fingerprint density at radius 3 is 1.91 bits per heavy atom. The van der Waals surface area contributed by atoms with Crippen molar-refractivity contribution < 1.29 is 56.4 Å². The number of hydrogen-bond donors (Lipinski definition) is 1. The second kappa shape index (κ2) is 10.8. The Labute approximate surface area is 186 Å². The van der Waals surface area contributed by atoms with Crippen molar-refractivity contribution in [3.63, 3.8) is 0 Å². The molecule has 0 aromatic heterocycles. The molecule has 0 radical (unpaired) electrons. The number of hydrogen-bond acceptors (Lipinski definition) is 10. The maximum Gasteiger partial charge on any atom is 0.339 e. The van der Waals surface area contributed by atoms with Gasteiger partial charge in [-0.3, -0.25) is 19.2 Å². The van der Waals surface area contributed by atoms with Crippen LogP contribution in [0.1, 0.15) is 31.1 Å². The SMILES string of the molecule is COC(=O)[C@H]1O[C@@H](NC(=O)c2ccc(F)c(F)c2)[C@H](OC(C)=O)[C@@H](OC(C)=O)[C@@H]1OC(C)=O. The average molecular weight is 473 g/mol. The molecule has 0 saturated carbocycles. The number of carbonyl (C=O) groups excluding carboxylic acids is 5. The lowest BCUT2D eigenvalue weighted by Crippen LogP contribution is -2.67. The van der Waals surface area contributed by atoms with Crippen LogP contribution >= 0.6 is 0 Å². The minimum atomic E-state index is -1.72. The maximum absolute atomic E-state index is 13.5. The van der Waals surface area contributed by atoms with Gasteiger partial charge in [-0.25, -0.2) is 13.6 Å². The van der Waals surface area contributed by atoms with Crippen LogP contribution in [-0.2, 0) is 42.9 Å². The van der Waals surface area contributed by atoms with Crippen LogP contribution in [0.5, 0.6) is 0 Å². The number of halogens is 2. The van der Waals surface area contributed by atoms with E-state index < -0.39 is 72.1 Å². The summed E-state index contributed by atoms with van der Waals surface area (Å²) < 4.78 is 52.2. The topological polar surface area (TPSA) is 144 Å². The highest BCUT2D eigenvalue weighted by atomic mass is 19.2. The summed E-state index contributed by atoms with van der Waals surface area (Å²) in [7, 11) is 1.00. The number of methoxy groups -OCH3 is 1. The molecule has 2 rings (SSSR count). The maximum atomic E-state index is 13.5. The van der Waals surface area contributed by atoms with E-state index in [1.807, 2.05) is 0 Å². The molecule has 1 saturated heterocycles. The summed E-state index contributed by atoms with van der Waals surface area (Å²) in [5.74, 6) is -7.25. The molecule has 1 aliphatic heterocycles. The molecular formula is C20H21F2NO10. The van der Waals surface area contributed by atoms with Crippen molar-refractivity contribution >= 4 is 29.8 Å². The summed E-state index contributed by atoms with van der Waals surface area (Å²) in [5, 5.41) is 2.26. The van der Waals surface area contributed by atoms with E-state index in [9.17, 15) is 32.8 Å². The summed E-state index contributed by atoms with van der Waals surface area (Å²) in [5.41, 5.74) is -0.333. The van der Waals surface area contributed by atoms with Crippen molar-refractivity contribution in [3.05, 3.63) is 35.4 Å². The molecule has 1 N–H and O–H groups in total. The van der Waals surface area contributed by atoms with Gasteiger partial charge in [-0.1, -0.05) is 0 Å². The summed E-state index contributed by atoms with van der Waals surface area (Å²) in [6.45, 7) is 3.02. The summed E-state index contributed by atoms with van der Waals surface area (Å²) in [4.78, 5) is 60.0. The fourth-order valence-corrected chi connectivity index (χ4v) is 3.08. The summed E-state index contributed by atoms with van der Waals surface area (Å²) >= 11 is 0. The Balaban J connectivity index is 2.48. The largest absolute Gasteiger partial charge is 0.467 e. The number of carbonyl (C=O) groups is 5. The van der Waals surface area contributed by atoms with Crippen molar-refractivity contribution in [2.75, 3.05) is 7.11 Å². The van der Waals surface area contributed by atoms with Gasteiger partial charge >= 0.3 is 23.9 Å². The lowest BCUT2D eigenvalue weighted by Gasteiger charge is -2.43. The lowest BCUT2D eigenvalue weighted by molar-refractivity contribution is -0.251. The Kier molecular flexibility index (Phi) is 8.40. The van der Waals surface area contributed by atoms with Crippen molar-refractivity contribution in [2.45, 2.75) is 51.4 Å². The van der Waals surface area contributed by atoms with Gasteiger partial charge in [0.25, 0.3) is 5.91 Å². The van der Waals surface area contributed by atoms with Crippen LogP contribution in [0, 0.1) is 11.6 Å². The van der Waals surface area contributed by atoms with Crippen LogP contribution < -0.4 is 5.32 Å². The molecule has 33 heavy (non-hydrogen) atoms. The lowest BCUT2D eigenvalue weighted by atomic mass is 9.96. The molecule has 1 heterocycles. The van der Waals surface area contributed by atoms with Crippen LogP contribution in [0.3, 0.4) is 0 Å². The first-order chi connectivity index (χ1) is 15.4. The molecule has 1 fully saturated rings.